The number of halogens is 4. The van der Waals surface area contributed by atoms with E-state index < -0.39 is 28.7 Å². The summed E-state index contributed by atoms with van der Waals surface area (Å²) < 4.78 is 46.0. The molecule has 0 saturated heterocycles. The number of hydrogen-bond donors (Lipinski definition) is 1. The molecule has 148 valence electrons. The number of rotatable bonds is 4. The highest BCUT2D eigenvalue weighted by Gasteiger charge is 2.38. The Labute approximate surface area is 164 Å². The van der Waals surface area contributed by atoms with E-state index in [0.717, 1.165) is 16.7 Å². The van der Waals surface area contributed by atoms with Crippen LogP contribution in [0.25, 0.3) is 0 Å². The molecule has 0 aliphatic rings. The van der Waals surface area contributed by atoms with Crippen LogP contribution in [0.15, 0.2) is 46.4 Å². The molecular weight excluding hydrogens is 415 g/mol. The molecule has 0 unspecified atom stereocenters. The van der Waals surface area contributed by atoms with E-state index in [9.17, 15) is 22.8 Å². The van der Waals surface area contributed by atoms with Crippen LogP contribution < -0.4 is 15.9 Å². The summed E-state index contributed by atoms with van der Waals surface area (Å²) in [6.07, 6.45) is -3.07. The van der Waals surface area contributed by atoms with Gasteiger partial charge in [-0.15, -0.1) is 0 Å². The zero-order valence-electron chi connectivity index (χ0n) is 14.2. The third-order valence-electron chi connectivity index (χ3n) is 3.63. The molecule has 3 rings (SSSR count). The highest BCUT2D eigenvalue weighted by Crippen LogP contribution is 2.35. The number of aromatic amines is 1. The molecule has 1 aromatic carbocycles. The number of aromatic nitrogens is 4. The molecule has 29 heavy (non-hydrogen) atoms. The van der Waals surface area contributed by atoms with Gasteiger partial charge < -0.3 is 4.74 Å². The SMILES string of the molecule is N#Cc1cc(Cl)cc(Oc2c(C(F)(F)F)ncn(Cc3ccn[nH]c3=O)c2=O)c1. The van der Waals surface area contributed by atoms with Crippen molar-refractivity contribution < 1.29 is 17.9 Å². The third-order valence-corrected chi connectivity index (χ3v) is 3.85. The molecule has 2 heterocycles. The van der Waals surface area contributed by atoms with Crippen molar-refractivity contribution in [3.8, 4) is 17.6 Å². The molecule has 0 saturated carbocycles. The van der Waals surface area contributed by atoms with Gasteiger partial charge in [0.2, 0.25) is 5.75 Å². The second-order valence-corrected chi connectivity index (χ2v) is 6.09. The van der Waals surface area contributed by atoms with Crippen LogP contribution in [-0.2, 0) is 12.7 Å². The maximum atomic E-state index is 13.3. The van der Waals surface area contributed by atoms with Crippen LogP contribution in [-0.4, -0.2) is 19.7 Å². The van der Waals surface area contributed by atoms with Gasteiger partial charge in [-0.2, -0.15) is 23.5 Å². The Morgan fingerprint density at radius 1 is 1.28 bits per heavy atom. The number of nitrogens with one attached hydrogen (secondary N) is 1. The van der Waals surface area contributed by atoms with Crippen molar-refractivity contribution in [2.24, 2.45) is 0 Å². The van der Waals surface area contributed by atoms with E-state index in [1.807, 2.05) is 0 Å². The average Bonchev–Trinajstić information content (AvgIpc) is 2.65. The Morgan fingerprint density at radius 3 is 2.69 bits per heavy atom. The molecule has 1 N–H and O–H groups in total. The van der Waals surface area contributed by atoms with Gasteiger partial charge in [0.1, 0.15) is 5.75 Å². The van der Waals surface area contributed by atoms with Gasteiger partial charge in [-0.1, -0.05) is 11.6 Å². The van der Waals surface area contributed by atoms with Crippen molar-refractivity contribution in [1.82, 2.24) is 19.7 Å². The first-order chi connectivity index (χ1) is 13.7. The standard InChI is InChI=1S/C17H9ClF3N5O3/c18-11-3-9(6-22)4-12(5-11)29-13-14(17(19,20)21)23-8-26(16(13)28)7-10-1-2-24-25-15(10)27/h1-5,8H,7H2,(H,25,27). The van der Waals surface area contributed by atoms with Crippen molar-refractivity contribution in [1.29, 1.82) is 5.26 Å². The molecule has 8 nitrogen and oxygen atoms in total. The molecule has 0 atom stereocenters. The number of benzene rings is 1. The largest absolute Gasteiger partial charge is 0.449 e. The fraction of sp³-hybridized carbons (Fsp3) is 0.118. The minimum Gasteiger partial charge on any atom is -0.449 e. The Balaban J connectivity index is 2.12. The molecular formula is C17H9ClF3N5O3. The minimum absolute atomic E-state index is 0.0218. The predicted molar refractivity (Wildman–Crippen MR) is 93.7 cm³/mol. The van der Waals surface area contributed by atoms with Crippen LogP contribution in [0.1, 0.15) is 16.8 Å². The third kappa shape index (κ3) is 4.44. The number of hydrogen-bond acceptors (Lipinski definition) is 6. The fourth-order valence-corrected chi connectivity index (χ4v) is 2.58. The van der Waals surface area contributed by atoms with E-state index in [1.165, 1.54) is 18.3 Å². The Kier molecular flexibility index (Phi) is 5.38. The minimum atomic E-state index is -4.99. The van der Waals surface area contributed by atoms with Crippen LogP contribution in [0.3, 0.4) is 0 Å². The van der Waals surface area contributed by atoms with E-state index in [4.69, 9.17) is 21.6 Å². The second kappa shape index (κ2) is 7.76. The maximum Gasteiger partial charge on any atom is 0.437 e. The highest BCUT2D eigenvalue weighted by molar-refractivity contribution is 6.30. The van der Waals surface area contributed by atoms with Crippen LogP contribution in [0, 0.1) is 11.3 Å². The summed E-state index contributed by atoms with van der Waals surface area (Å²) in [5, 5.41) is 14.6. The molecule has 3 aromatic rings. The van der Waals surface area contributed by atoms with E-state index in [-0.39, 0.29) is 28.4 Å². The molecule has 0 aliphatic carbocycles. The normalized spacial score (nSPS) is 11.1. The first kappa shape index (κ1) is 20.1. The van der Waals surface area contributed by atoms with Gasteiger partial charge in [0, 0.05) is 16.8 Å². The van der Waals surface area contributed by atoms with Gasteiger partial charge in [-0.05, 0) is 24.3 Å². The zero-order valence-corrected chi connectivity index (χ0v) is 15.0. The fourth-order valence-electron chi connectivity index (χ4n) is 2.36. The van der Waals surface area contributed by atoms with E-state index in [2.05, 4.69) is 15.2 Å². The number of ether oxygens (including phenoxy) is 1. The van der Waals surface area contributed by atoms with E-state index in [1.54, 1.807) is 6.07 Å². The van der Waals surface area contributed by atoms with Crippen molar-refractivity contribution in [3.05, 3.63) is 79.3 Å². The van der Waals surface area contributed by atoms with Crippen molar-refractivity contribution in [2.45, 2.75) is 12.7 Å². The molecule has 0 spiro atoms. The van der Waals surface area contributed by atoms with Crippen LogP contribution >= 0.6 is 11.6 Å². The molecule has 0 aliphatic heterocycles. The van der Waals surface area contributed by atoms with Gasteiger partial charge in [-0.25, -0.2) is 10.1 Å². The van der Waals surface area contributed by atoms with Gasteiger partial charge in [-0.3, -0.25) is 14.2 Å². The molecule has 0 bridgehead atoms. The van der Waals surface area contributed by atoms with Gasteiger partial charge in [0.15, 0.2) is 5.69 Å². The number of nitriles is 1. The van der Waals surface area contributed by atoms with Crippen molar-refractivity contribution >= 4 is 11.6 Å². The first-order valence-corrected chi connectivity index (χ1v) is 8.14. The first-order valence-electron chi connectivity index (χ1n) is 7.77. The maximum absolute atomic E-state index is 13.3. The van der Waals surface area contributed by atoms with Gasteiger partial charge in [0.05, 0.1) is 24.5 Å². The van der Waals surface area contributed by atoms with Gasteiger partial charge in [0.25, 0.3) is 11.1 Å². The lowest BCUT2D eigenvalue weighted by molar-refractivity contribution is -0.142. The molecule has 0 amide bonds. The van der Waals surface area contributed by atoms with Crippen LogP contribution in [0.5, 0.6) is 11.5 Å². The average molecular weight is 424 g/mol. The lowest BCUT2D eigenvalue weighted by atomic mass is 10.2. The summed E-state index contributed by atoms with van der Waals surface area (Å²) in [5.74, 6) is -1.37. The van der Waals surface area contributed by atoms with Crippen molar-refractivity contribution in [2.75, 3.05) is 0 Å². The number of H-pyrrole nitrogens is 1. The number of nitrogens with zero attached hydrogens (tertiary/aromatic N) is 4. The summed E-state index contributed by atoms with van der Waals surface area (Å²) >= 11 is 5.82. The smallest absolute Gasteiger partial charge is 0.437 e. The summed E-state index contributed by atoms with van der Waals surface area (Å²) in [5.41, 5.74) is -3.25. The Hall–Kier alpha value is -3.65. The Morgan fingerprint density at radius 2 is 2.03 bits per heavy atom. The monoisotopic (exact) mass is 423 g/mol. The predicted octanol–water partition coefficient (Wildman–Crippen LogP) is 2.71. The second-order valence-electron chi connectivity index (χ2n) is 5.65. The quantitative estimate of drug-likeness (QED) is 0.690. The summed E-state index contributed by atoms with van der Waals surface area (Å²) in [6.45, 7) is -0.364. The zero-order chi connectivity index (χ0) is 21.2. The molecule has 0 radical (unpaired) electrons. The number of alkyl halides is 3. The topological polar surface area (TPSA) is 114 Å². The summed E-state index contributed by atoms with van der Waals surface area (Å²) in [7, 11) is 0. The summed E-state index contributed by atoms with van der Waals surface area (Å²) in [4.78, 5) is 27.7. The van der Waals surface area contributed by atoms with E-state index >= 15 is 0 Å². The Bertz CT molecular complexity index is 1230. The van der Waals surface area contributed by atoms with E-state index in [0.29, 0.717) is 6.33 Å². The molecule has 12 heteroatoms. The lowest BCUT2D eigenvalue weighted by Gasteiger charge is -2.14. The van der Waals surface area contributed by atoms with Crippen LogP contribution in [0.2, 0.25) is 5.02 Å². The molecule has 2 aromatic heterocycles. The van der Waals surface area contributed by atoms with Gasteiger partial charge >= 0.3 is 6.18 Å². The highest BCUT2D eigenvalue weighted by atomic mass is 35.5. The molecule has 0 fully saturated rings. The lowest BCUT2D eigenvalue weighted by Crippen LogP contribution is -2.28. The van der Waals surface area contributed by atoms with Crippen LogP contribution in [0.4, 0.5) is 13.2 Å². The summed E-state index contributed by atoms with van der Waals surface area (Å²) in [6, 6.07) is 6.62. The van der Waals surface area contributed by atoms with Crippen molar-refractivity contribution in [3.63, 3.8) is 0 Å².